The van der Waals surface area contributed by atoms with E-state index in [-0.39, 0.29) is 11.8 Å². The van der Waals surface area contributed by atoms with Gasteiger partial charge < -0.3 is 10.6 Å². The molecule has 0 spiro atoms. The van der Waals surface area contributed by atoms with Gasteiger partial charge in [-0.25, -0.2) is 0 Å². The average Bonchev–Trinajstić information content (AvgIpc) is 2.50. The zero-order valence-electron chi connectivity index (χ0n) is 14.2. The summed E-state index contributed by atoms with van der Waals surface area (Å²) in [5, 5.41) is 5.77. The van der Waals surface area contributed by atoms with Gasteiger partial charge in [-0.2, -0.15) is 0 Å². The van der Waals surface area contributed by atoms with Gasteiger partial charge in [-0.1, -0.05) is 42.8 Å². The van der Waals surface area contributed by atoms with Crippen molar-refractivity contribution in [1.29, 1.82) is 0 Å². The van der Waals surface area contributed by atoms with Crippen LogP contribution < -0.4 is 10.6 Å². The topological polar surface area (TPSA) is 58.2 Å². The summed E-state index contributed by atoms with van der Waals surface area (Å²) >= 11 is 3.35. The Morgan fingerprint density at radius 1 is 0.958 bits per heavy atom. The van der Waals surface area contributed by atoms with Crippen molar-refractivity contribution in [2.75, 3.05) is 10.6 Å². The summed E-state index contributed by atoms with van der Waals surface area (Å²) in [4.78, 5) is 24.5. The van der Waals surface area contributed by atoms with Gasteiger partial charge in [0, 0.05) is 26.8 Å². The molecule has 0 aliphatic heterocycles. The van der Waals surface area contributed by atoms with E-state index in [4.69, 9.17) is 0 Å². The van der Waals surface area contributed by atoms with Crippen molar-refractivity contribution in [3.63, 3.8) is 0 Å². The van der Waals surface area contributed by atoms with E-state index in [1.54, 1.807) is 18.2 Å². The first-order chi connectivity index (χ1) is 11.2. The van der Waals surface area contributed by atoms with E-state index in [2.05, 4.69) is 26.6 Å². The molecule has 4 nitrogen and oxygen atoms in total. The summed E-state index contributed by atoms with van der Waals surface area (Å²) in [6, 6.07) is 12.6. The predicted octanol–water partition coefficient (Wildman–Crippen LogP) is 4.99. The molecule has 24 heavy (non-hydrogen) atoms. The van der Waals surface area contributed by atoms with Gasteiger partial charge in [-0.05, 0) is 48.9 Å². The molecule has 0 aliphatic carbocycles. The fourth-order valence-electron chi connectivity index (χ4n) is 1.95. The molecule has 0 saturated heterocycles. The fraction of sp³-hybridized carbons (Fsp3) is 0.263. The van der Waals surface area contributed by atoms with Crippen LogP contribution in [0.15, 0.2) is 46.9 Å². The van der Waals surface area contributed by atoms with Crippen molar-refractivity contribution in [3.05, 3.63) is 58.1 Å². The standard InChI is InChI=1S/C19H21BrN2O2/c1-12-5-10-15(21-18(24)19(2,3)4)11-16(12)22-17(23)13-6-8-14(20)9-7-13/h5-11H,1-4H3,(H,21,24)(H,22,23). The molecule has 0 heterocycles. The normalized spacial score (nSPS) is 11.0. The van der Waals surface area contributed by atoms with Crippen LogP contribution in [-0.2, 0) is 4.79 Å². The third-order valence-corrected chi connectivity index (χ3v) is 4.06. The average molecular weight is 389 g/mol. The van der Waals surface area contributed by atoms with Crippen LogP contribution in [0.1, 0.15) is 36.7 Å². The van der Waals surface area contributed by atoms with E-state index < -0.39 is 5.41 Å². The van der Waals surface area contributed by atoms with Gasteiger partial charge in [-0.15, -0.1) is 0 Å². The molecule has 0 aliphatic rings. The van der Waals surface area contributed by atoms with Gasteiger partial charge in [0.15, 0.2) is 0 Å². The third kappa shape index (κ3) is 4.68. The predicted molar refractivity (Wildman–Crippen MR) is 101 cm³/mol. The van der Waals surface area contributed by atoms with E-state index in [0.717, 1.165) is 10.0 Å². The highest BCUT2D eigenvalue weighted by Crippen LogP contribution is 2.23. The molecule has 5 heteroatoms. The summed E-state index contributed by atoms with van der Waals surface area (Å²) < 4.78 is 0.919. The highest BCUT2D eigenvalue weighted by Gasteiger charge is 2.21. The van der Waals surface area contributed by atoms with Crippen LogP contribution in [-0.4, -0.2) is 11.8 Å². The minimum atomic E-state index is -0.480. The van der Waals surface area contributed by atoms with Crippen LogP contribution in [0, 0.1) is 12.3 Å². The van der Waals surface area contributed by atoms with E-state index in [1.165, 1.54) is 0 Å². The Labute approximate surface area is 150 Å². The van der Waals surface area contributed by atoms with Crippen molar-refractivity contribution >= 4 is 39.1 Å². The number of rotatable bonds is 3. The maximum Gasteiger partial charge on any atom is 0.255 e. The number of hydrogen-bond acceptors (Lipinski definition) is 2. The van der Waals surface area contributed by atoms with Crippen molar-refractivity contribution < 1.29 is 9.59 Å². The molecule has 0 aromatic heterocycles. The van der Waals surface area contributed by atoms with Crippen molar-refractivity contribution in [3.8, 4) is 0 Å². The summed E-state index contributed by atoms with van der Waals surface area (Å²) in [5.74, 6) is -0.263. The van der Waals surface area contributed by atoms with Gasteiger partial charge in [0.05, 0.1) is 0 Å². The molecule has 126 valence electrons. The number of anilines is 2. The zero-order chi connectivity index (χ0) is 17.9. The Balaban J connectivity index is 2.18. The number of halogens is 1. The Hall–Kier alpha value is -2.14. The van der Waals surface area contributed by atoms with Gasteiger partial charge in [0.1, 0.15) is 0 Å². The second kappa shape index (κ2) is 7.18. The lowest BCUT2D eigenvalue weighted by atomic mass is 9.95. The van der Waals surface area contributed by atoms with Crippen molar-refractivity contribution in [2.24, 2.45) is 5.41 Å². The summed E-state index contributed by atoms with van der Waals surface area (Å²) in [6.45, 7) is 7.47. The maximum atomic E-state index is 12.4. The number of nitrogens with one attached hydrogen (secondary N) is 2. The molecule has 0 atom stereocenters. The van der Waals surface area contributed by atoms with Crippen LogP contribution in [0.5, 0.6) is 0 Å². The van der Waals surface area contributed by atoms with Crippen LogP contribution in [0.4, 0.5) is 11.4 Å². The lowest BCUT2D eigenvalue weighted by Gasteiger charge is -2.18. The fourth-order valence-corrected chi connectivity index (χ4v) is 2.21. The van der Waals surface area contributed by atoms with E-state index in [1.807, 2.05) is 52.0 Å². The van der Waals surface area contributed by atoms with E-state index >= 15 is 0 Å². The number of aryl methyl sites for hydroxylation is 1. The molecule has 2 aromatic carbocycles. The smallest absolute Gasteiger partial charge is 0.255 e. The van der Waals surface area contributed by atoms with Gasteiger partial charge in [0.25, 0.3) is 5.91 Å². The van der Waals surface area contributed by atoms with Crippen LogP contribution in [0.3, 0.4) is 0 Å². The first-order valence-corrected chi connectivity index (χ1v) is 8.45. The Morgan fingerprint density at radius 2 is 1.58 bits per heavy atom. The van der Waals surface area contributed by atoms with E-state index in [9.17, 15) is 9.59 Å². The molecular weight excluding hydrogens is 368 g/mol. The molecule has 0 fully saturated rings. The van der Waals surface area contributed by atoms with Crippen molar-refractivity contribution in [2.45, 2.75) is 27.7 Å². The maximum absolute atomic E-state index is 12.4. The Morgan fingerprint density at radius 3 is 2.17 bits per heavy atom. The number of amides is 2. The molecule has 2 N–H and O–H groups in total. The third-order valence-electron chi connectivity index (χ3n) is 3.53. The number of carbonyl (C=O) groups excluding carboxylic acids is 2. The lowest BCUT2D eigenvalue weighted by molar-refractivity contribution is -0.123. The molecular formula is C19H21BrN2O2. The molecule has 2 amide bonds. The molecule has 0 radical (unpaired) electrons. The summed E-state index contributed by atoms with van der Waals surface area (Å²) in [7, 11) is 0. The van der Waals surface area contributed by atoms with Crippen LogP contribution in [0.25, 0.3) is 0 Å². The molecule has 0 saturated carbocycles. The number of benzene rings is 2. The summed E-state index contributed by atoms with van der Waals surface area (Å²) in [6.07, 6.45) is 0. The zero-order valence-corrected chi connectivity index (χ0v) is 15.8. The molecule has 2 aromatic rings. The molecule has 0 unspecified atom stereocenters. The first kappa shape index (κ1) is 18.2. The highest BCUT2D eigenvalue weighted by atomic mass is 79.9. The second-order valence-corrected chi connectivity index (χ2v) is 7.61. The molecule has 2 rings (SSSR count). The van der Waals surface area contributed by atoms with Crippen molar-refractivity contribution in [1.82, 2.24) is 0 Å². The number of carbonyl (C=O) groups is 2. The largest absolute Gasteiger partial charge is 0.326 e. The van der Waals surface area contributed by atoms with Gasteiger partial charge in [0.2, 0.25) is 5.91 Å². The minimum Gasteiger partial charge on any atom is -0.326 e. The summed E-state index contributed by atoms with van der Waals surface area (Å²) in [5.41, 5.74) is 2.35. The number of hydrogen-bond donors (Lipinski definition) is 2. The Kier molecular flexibility index (Phi) is 5.44. The first-order valence-electron chi connectivity index (χ1n) is 7.66. The van der Waals surface area contributed by atoms with Gasteiger partial charge >= 0.3 is 0 Å². The monoisotopic (exact) mass is 388 g/mol. The second-order valence-electron chi connectivity index (χ2n) is 6.69. The van der Waals surface area contributed by atoms with Gasteiger partial charge in [-0.3, -0.25) is 9.59 Å². The van der Waals surface area contributed by atoms with Crippen LogP contribution >= 0.6 is 15.9 Å². The Bertz CT molecular complexity index is 762. The van der Waals surface area contributed by atoms with Crippen LogP contribution in [0.2, 0.25) is 0 Å². The highest BCUT2D eigenvalue weighted by molar-refractivity contribution is 9.10. The SMILES string of the molecule is Cc1ccc(NC(=O)C(C)(C)C)cc1NC(=O)c1ccc(Br)cc1. The molecule has 0 bridgehead atoms. The minimum absolute atomic E-state index is 0.0726. The lowest BCUT2D eigenvalue weighted by Crippen LogP contribution is -2.27. The quantitative estimate of drug-likeness (QED) is 0.777. The van der Waals surface area contributed by atoms with E-state index in [0.29, 0.717) is 16.9 Å².